The molecule has 5 heteroatoms. The first-order valence-corrected chi connectivity index (χ1v) is 7.14. The molecule has 0 aliphatic carbocycles. The molecule has 1 atom stereocenters. The van der Waals surface area contributed by atoms with E-state index in [1.54, 1.807) is 32.9 Å². The van der Waals surface area contributed by atoms with E-state index in [-0.39, 0.29) is 23.1 Å². The van der Waals surface area contributed by atoms with Crippen LogP contribution in [0.3, 0.4) is 0 Å². The summed E-state index contributed by atoms with van der Waals surface area (Å²) in [4.78, 5) is 27.2. The minimum Gasteiger partial charge on any atom is -0.478 e. The molecule has 0 aliphatic rings. The van der Waals surface area contributed by atoms with Gasteiger partial charge < -0.3 is 9.84 Å². The highest BCUT2D eigenvalue weighted by molar-refractivity contribution is 5.88. The van der Waals surface area contributed by atoms with Gasteiger partial charge in [0.05, 0.1) is 0 Å². The van der Waals surface area contributed by atoms with E-state index in [0.29, 0.717) is 0 Å². The third-order valence-corrected chi connectivity index (χ3v) is 3.07. The zero-order valence-corrected chi connectivity index (χ0v) is 13.7. The van der Waals surface area contributed by atoms with E-state index in [0.717, 1.165) is 5.56 Å². The summed E-state index contributed by atoms with van der Waals surface area (Å²) in [5, 5.41) is 9.14. The van der Waals surface area contributed by atoms with Gasteiger partial charge in [0.15, 0.2) is 0 Å². The second kappa shape index (κ2) is 6.73. The van der Waals surface area contributed by atoms with Gasteiger partial charge in [-0.3, -0.25) is 0 Å². The topological polar surface area (TPSA) is 76.5 Å². The van der Waals surface area contributed by atoms with Gasteiger partial charge >= 0.3 is 11.9 Å². The number of carboxylic acids is 1. The van der Waals surface area contributed by atoms with Crippen LogP contribution in [0.4, 0.5) is 0 Å². The molecule has 1 heterocycles. The second-order valence-corrected chi connectivity index (χ2v) is 6.53. The normalized spacial score (nSPS) is 12.8. The summed E-state index contributed by atoms with van der Waals surface area (Å²) < 4.78 is 5.24. The summed E-state index contributed by atoms with van der Waals surface area (Å²) in [5.41, 5.74) is 0.439. The van der Waals surface area contributed by atoms with Gasteiger partial charge in [-0.1, -0.05) is 26.5 Å². The molecule has 0 aromatic carbocycles. The fourth-order valence-electron chi connectivity index (χ4n) is 2.16. The first-order chi connectivity index (χ1) is 10.0. The molecule has 0 bridgehead atoms. The molecular formula is C17H23NO4. The molecule has 5 nitrogen and oxygen atoms in total. The zero-order chi connectivity index (χ0) is 17.1. The average molecular weight is 305 g/mol. The third-order valence-electron chi connectivity index (χ3n) is 3.07. The van der Waals surface area contributed by atoms with Gasteiger partial charge in [-0.05, 0) is 38.3 Å². The Bertz CT molecular complexity index is 567. The highest BCUT2D eigenvalue weighted by Gasteiger charge is 2.25. The van der Waals surface area contributed by atoms with Crippen LogP contribution in [0, 0.1) is 5.92 Å². The summed E-state index contributed by atoms with van der Waals surface area (Å²) >= 11 is 0. The van der Waals surface area contributed by atoms with Crippen LogP contribution in [0.1, 0.15) is 56.6 Å². The lowest BCUT2D eigenvalue weighted by molar-refractivity contribution is -0.133. The van der Waals surface area contributed by atoms with Crippen molar-refractivity contribution in [3.63, 3.8) is 0 Å². The van der Waals surface area contributed by atoms with Crippen LogP contribution in [0.2, 0.25) is 0 Å². The number of carbonyl (C=O) groups excluding carboxylic acids is 1. The number of carbonyl (C=O) groups is 2. The highest BCUT2D eigenvalue weighted by atomic mass is 16.6. The van der Waals surface area contributed by atoms with Crippen molar-refractivity contribution >= 4 is 11.9 Å². The minimum absolute atomic E-state index is 0.0535. The quantitative estimate of drug-likeness (QED) is 0.666. The molecule has 1 rings (SSSR count). The van der Waals surface area contributed by atoms with Crippen LogP contribution in [0.5, 0.6) is 0 Å². The molecule has 0 fully saturated rings. The largest absolute Gasteiger partial charge is 0.478 e. The summed E-state index contributed by atoms with van der Waals surface area (Å²) in [7, 11) is 0. The van der Waals surface area contributed by atoms with Crippen LogP contribution in [0.15, 0.2) is 30.5 Å². The van der Waals surface area contributed by atoms with Crippen molar-refractivity contribution in [2.75, 3.05) is 0 Å². The zero-order valence-electron chi connectivity index (χ0n) is 13.7. The van der Waals surface area contributed by atoms with E-state index in [2.05, 4.69) is 11.6 Å². The van der Waals surface area contributed by atoms with Gasteiger partial charge in [-0.25, -0.2) is 14.6 Å². The molecule has 0 amide bonds. The van der Waals surface area contributed by atoms with E-state index in [9.17, 15) is 9.59 Å². The van der Waals surface area contributed by atoms with Gasteiger partial charge in [0, 0.05) is 17.7 Å². The molecule has 1 aromatic heterocycles. The van der Waals surface area contributed by atoms with Crippen molar-refractivity contribution in [1.82, 2.24) is 4.98 Å². The average Bonchev–Trinajstić information content (AvgIpc) is 2.37. The van der Waals surface area contributed by atoms with Crippen molar-refractivity contribution < 1.29 is 19.4 Å². The Morgan fingerprint density at radius 2 is 1.86 bits per heavy atom. The molecular weight excluding hydrogens is 282 g/mol. The smallest absolute Gasteiger partial charge is 0.357 e. The molecule has 0 spiro atoms. The molecule has 0 saturated carbocycles. The minimum atomic E-state index is -1.03. The van der Waals surface area contributed by atoms with E-state index < -0.39 is 17.5 Å². The number of pyridine rings is 1. The number of hydrogen-bond acceptors (Lipinski definition) is 4. The van der Waals surface area contributed by atoms with Crippen LogP contribution in [-0.2, 0) is 9.53 Å². The molecule has 22 heavy (non-hydrogen) atoms. The Balaban J connectivity index is 3.02. The maximum atomic E-state index is 11.9. The van der Waals surface area contributed by atoms with Gasteiger partial charge in [0.25, 0.3) is 0 Å². The highest BCUT2D eigenvalue weighted by Crippen LogP contribution is 2.30. The Labute approximate surface area is 131 Å². The molecule has 0 saturated heterocycles. The second-order valence-electron chi connectivity index (χ2n) is 6.53. The third kappa shape index (κ3) is 4.69. The predicted octanol–water partition coefficient (Wildman–Crippen LogP) is 3.42. The maximum absolute atomic E-state index is 11.9. The number of hydrogen-bond donors (Lipinski definition) is 1. The fourth-order valence-corrected chi connectivity index (χ4v) is 2.16. The summed E-state index contributed by atoms with van der Waals surface area (Å²) in [6.45, 7) is 12.8. The van der Waals surface area contributed by atoms with E-state index >= 15 is 0 Å². The lowest BCUT2D eigenvalue weighted by atomic mass is 9.83. The molecule has 0 aliphatic heterocycles. The van der Waals surface area contributed by atoms with E-state index in [1.807, 2.05) is 13.8 Å². The lowest BCUT2D eigenvalue weighted by Crippen LogP contribution is -2.24. The Hall–Kier alpha value is -2.17. The number of carboxylic acid groups (broad SMARTS) is 1. The molecule has 1 aromatic rings. The van der Waals surface area contributed by atoms with Crippen LogP contribution in [0.25, 0.3) is 0 Å². The van der Waals surface area contributed by atoms with Crippen LogP contribution in [-0.4, -0.2) is 27.6 Å². The van der Waals surface area contributed by atoms with Crippen molar-refractivity contribution in [3.05, 3.63) is 41.7 Å². The van der Waals surface area contributed by atoms with Crippen molar-refractivity contribution in [2.24, 2.45) is 5.92 Å². The first kappa shape index (κ1) is 17.9. The predicted molar refractivity (Wildman–Crippen MR) is 83.8 cm³/mol. The van der Waals surface area contributed by atoms with Gasteiger partial charge in [0.2, 0.25) is 0 Å². The van der Waals surface area contributed by atoms with E-state index in [4.69, 9.17) is 9.84 Å². The van der Waals surface area contributed by atoms with Crippen molar-refractivity contribution in [3.8, 4) is 0 Å². The van der Waals surface area contributed by atoms with Crippen LogP contribution < -0.4 is 0 Å². The monoisotopic (exact) mass is 305 g/mol. The standard InChI is InChI=1S/C17H23NO4/c1-10(2)14(11(3)15(19)20)12-7-8-13(18-9-12)16(21)22-17(4,5)6/h7-10,14H,3H2,1-2,4-6H3,(H,19,20). The lowest BCUT2D eigenvalue weighted by Gasteiger charge is -2.22. The molecule has 120 valence electrons. The Morgan fingerprint density at radius 1 is 1.27 bits per heavy atom. The summed E-state index contributed by atoms with van der Waals surface area (Å²) in [6.07, 6.45) is 1.51. The van der Waals surface area contributed by atoms with Gasteiger partial charge in [-0.15, -0.1) is 0 Å². The van der Waals surface area contributed by atoms with Crippen molar-refractivity contribution in [2.45, 2.75) is 46.1 Å². The van der Waals surface area contributed by atoms with Gasteiger partial charge in [0.1, 0.15) is 11.3 Å². The summed E-state index contributed by atoms with van der Waals surface area (Å²) in [6, 6.07) is 3.25. The number of ether oxygens (including phenoxy) is 1. The molecule has 0 radical (unpaired) electrons. The maximum Gasteiger partial charge on any atom is 0.357 e. The van der Waals surface area contributed by atoms with Crippen molar-refractivity contribution in [1.29, 1.82) is 0 Å². The summed E-state index contributed by atoms with van der Waals surface area (Å²) in [5.74, 6) is -1.83. The number of aromatic nitrogens is 1. The molecule has 1 N–H and O–H groups in total. The number of aliphatic carboxylic acids is 1. The fraction of sp³-hybridized carbons (Fsp3) is 0.471. The van der Waals surface area contributed by atoms with E-state index in [1.165, 1.54) is 6.20 Å². The SMILES string of the molecule is C=C(C(=O)O)C(c1ccc(C(=O)OC(C)(C)C)nc1)C(C)C. The Kier molecular flexibility index (Phi) is 5.47. The van der Waals surface area contributed by atoms with Gasteiger partial charge in [-0.2, -0.15) is 0 Å². The first-order valence-electron chi connectivity index (χ1n) is 7.14. The van der Waals surface area contributed by atoms with Crippen LogP contribution >= 0.6 is 0 Å². The number of esters is 1. The Morgan fingerprint density at radius 3 is 2.23 bits per heavy atom. The molecule has 1 unspecified atom stereocenters. The number of nitrogens with zero attached hydrogens (tertiary/aromatic N) is 1. The number of rotatable bonds is 5.